The van der Waals surface area contributed by atoms with Crippen LogP contribution < -0.4 is 21.7 Å². The second-order valence-electron chi connectivity index (χ2n) is 12.9. The zero-order valence-corrected chi connectivity index (χ0v) is 27.8. The smallest absolute Gasteiger partial charge is 0.408 e. The van der Waals surface area contributed by atoms with E-state index in [0.717, 1.165) is 11.1 Å². The van der Waals surface area contributed by atoms with Gasteiger partial charge in [-0.1, -0.05) is 91.0 Å². The highest BCUT2D eigenvalue weighted by molar-refractivity contribution is 5.97. The summed E-state index contributed by atoms with van der Waals surface area (Å²) in [6.45, 7) is 5.42. The van der Waals surface area contributed by atoms with Crippen LogP contribution in [-0.2, 0) is 36.9 Å². The number of aliphatic hydroxyl groups is 1. The Kier molecular flexibility index (Phi) is 12.3. The summed E-state index contributed by atoms with van der Waals surface area (Å²) in [5.74, 6) is -2.96. The number of nitrogens with zero attached hydrogens (tertiary/aromatic N) is 1. The monoisotopic (exact) mass is 669 g/mol. The van der Waals surface area contributed by atoms with Crippen molar-refractivity contribution in [3.8, 4) is 0 Å². The van der Waals surface area contributed by atoms with E-state index in [4.69, 9.17) is 10.5 Å². The Morgan fingerprint density at radius 3 is 2.02 bits per heavy atom. The van der Waals surface area contributed by atoms with Crippen molar-refractivity contribution in [2.45, 2.75) is 70.0 Å². The molecule has 12 heteroatoms. The van der Waals surface area contributed by atoms with Crippen molar-refractivity contribution < 1.29 is 33.8 Å². The Bertz CT molecular complexity index is 1640. The molecule has 0 aromatic heterocycles. The predicted molar refractivity (Wildman–Crippen MR) is 183 cm³/mol. The van der Waals surface area contributed by atoms with E-state index in [1.807, 2.05) is 57.2 Å². The second kappa shape index (κ2) is 16.6. The molecule has 0 spiro atoms. The van der Waals surface area contributed by atoms with E-state index in [9.17, 15) is 29.1 Å². The Morgan fingerprint density at radius 1 is 0.878 bits per heavy atom. The number of carbonyl (C=O) groups excluding carboxylic acids is 5. The van der Waals surface area contributed by atoms with Gasteiger partial charge in [-0.15, -0.1) is 0 Å². The van der Waals surface area contributed by atoms with Crippen molar-refractivity contribution in [1.82, 2.24) is 20.9 Å². The standard InChI is InChI=1S/C37H43N5O7/c1-37(2,3)41-34(46)30-20-27(26-17-11-6-12-18-26)22-42(30)35(47)32(44)28(19-24-13-7-4-8-14-24)39-33(45)29(21-31(38)43)40-36(48)49-23-25-15-9-5-10-16-25/h4-18,20,28-30,32,44H,19,21-23H2,1-3H3,(H2,38,43)(H,39,45)(H,40,48)(H,41,46)/t28?,29-,30-,32?/m0/s1. The van der Waals surface area contributed by atoms with Crippen LogP contribution >= 0.6 is 0 Å². The molecule has 12 nitrogen and oxygen atoms in total. The van der Waals surface area contributed by atoms with Crippen LogP contribution in [0.3, 0.4) is 0 Å². The van der Waals surface area contributed by atoms with Gasteiger partial charge in [0.05, 0.1) is 12.5 Å². The molecule has 1 aliphatic rings. The Balaban J connectivity index is 1.56. The fourth-order valence-electron chi connectivity index (χ4n) is 5.38. The topological polar surface area (TPSA) is 180 Å². The minimum atomic E-state index is -1.82. The third-order valence-electron chi connectivity index (χ3n) is 7.72. The lowest BCUT2D eigenvalue weighted by Gasteiger charge is -2.32. The summed E-state index contributed by atoms with van der Waals surface area (Å²) in [7, 11) is 0. The van der Waals surface area contributed by atoms with Gasteiger partial charge in [-0.2, -0.15) is 0 Å². The number of carbonyl (C=O) groups is 5. The molecule has 3 aromatic carbocycles. The van der Waals surface area contributed by atoms with Crippen LogP contribution in [-0.4, -0.2) is 76.0 Å². The zero-order chi connectivity index (χ0) is 35.6. The average Bonchev–Trinajstić information content (AvgIpc) is 3.52. The quantitative estimate of drug-likeness (QED) is 0.185. The molecule has 4 atom stereocenters. The third kappa shape index (κ3) is 10.8. The van der Waals surface area contributed by atoms with Gasteiger partial charge in [0.1, 0.15) is 18.7 Å². The maximum absolute atomic E-state index is 14.1. The van der Waals surface area contributed by atoms with E-state index in [1.54, 1.807) is 60.7 Å². The molecule has 0 aliphatic carbocycles. The van der Waals surface area contributed by atoms with E-state index in [1.165, 1.54) is 4.90 Å². The van der Waals surface area contributed by atoms with Gasteiger partial charge in [0.15, 0.2) is 6.10 Å². The summed E-state index contributed by atoms with van der Waals surface area (Å²) in [6, 6.07) is 23.3. The van der Waals surface area contributed by atoms with Crippen LogP contribution in [0, 0.1) is 0 Å². The molecule has 49 heavy (non-hydrogen) atoms. The first kappa shape index (κ1) is 36.3. The summed E-state index contributed by atoms with van der Waals surface area (Å²) >= 11 is 0. The number of alkyl carbamates (subject to hydrolysis) is 1. The number of nitrogens with one attached hydrogen (secondary N) is 3. The lowest BCUT2D eigenvalue weighted by atomic mass is 9.99. The summed E-state index contributed by atoms with van der Waals surface area (Å²) in [6.07, 6.45) is -1.66. The average molecular weight is 670 g/mol. The Morgan fingerprint density at radius 2 is 1.45 bits per heavy atom. The lowest BCUT2D eigenvalue weighted by Crippen LogP contribution is -2.59. The highest BCUT2D eigenvalue weighted by Gasteiger charge is 2.41. The first-order chi connectivity index (χ1) is 23.3. The lowest BCUT2D eigenvalue weighted by molar-refractivity contribution is -0.146. The van der Waals surface area contributed by atoms with Crippen molar-refractivity contribution in [2.24, 2.45) is 5.73 Å². The molecule has 0 radical (unpaired) electrons. The van der Waals surface area contributed by atoms with Gasteiger partial charge < -0.3 is 36.4 Å². The largest absolute Gasteiger partial charge is 0.445 e. The first-order valence-corrected chi connectivity index (χ1v) is 16.0. The van der Waals surface area contributed by atoms with E-state index >= 15 is 0 Å². The van der Waals surface area contributed by atoms with E-state index in [-0.39, 0.29) is 19.6 Å². The molecule has 1 aliphatic heterocycles. The van der Waals surface area contributed by atoms with Gasteiger partial charge in [0, 0.05) is 12.1 Å². The number of primary amides is 1. The molecule has 5 amide bonds. The van der Waals surface area contributed by atoms with Crippen LogP contribution in [0.15, 0.2) is 97.1 Å². The van der Waals surface area contributed by atoms with E-state index in [0.29, 0.717) is 11.1 Å². The van der Waals surface area contributed by atoms with Gasteiger partial charge in [-0.25, -0.2) is 4.79 Å². The van der Waals surface area contributed by atoms with Crippen LogP contribution in [0.1, 0.15) is 43.9 Å². The van der Waals surface area contributed by atoms with Crippen molar-refractivity contribution >= 4 is 35.3 Å². The van der Waals surface area contributed by atoms with Crippen LogP contribution in [0.25, 0.3) is 5.57 Å². The van der Waals surface area contributed by atoms with E-state index in [2.05, 4.69) is 16.0 Å². The van der Waals surface area contributed by atoms with Crippen LogP contribution in [0.4, 0.5) is 4.79 Å². The molecule has 0 bridgehead atoms. The van der Waals surface area contributed by atoms with Gasteiger partial charge in [0.2, 0.25) is 17.7 Å². The molecule has 0 saturated heterocycles. The molecule has 3 aromatic rings. The Labute approximate surface area is 285 Å². The minimum Gasteiger partial charge on any atom is -0.445 e. The fraction of sp³-hybridized carbons (Fsp3) is 0.324. The zero-order valence-electron chi connectivity index (χ0n) is 27.8. The fourth-order valence-corrected chi connectivity index (χ4v) is 5.38. The second-order valence-corrected chi connectivity index (χ2v) is 12.9. The van der Waals surface area contributed by atoms with Gasteiger partial charge in [-0.3, -0.25) is 19.2 Å². The normalized spacial score (nSPS) is 16.0. The summed E-state index contributed by atoms with van der Waals surface area (Å²) in [5, 5.41) is 19.5. The molecule has 6 N–H and O–H groups in total. The molecule has 4 rings (SSSR count). The number of rotatable bonds is 13. The number of nitrogens with two attached hydrogens (primary N) is 1. The molecular weight excluding hydrogens is 626 g/mol. The number of hydrogen-bond acceptors (Lipinski definition) is 7. The molecule has 2 unspecified atom stereocenters. The maximum atomic E-state index is 14.1. The number of benzene rings is 3. The molecule has 0 saturated carbocycles. The highest BCUT2D eigenvalue weighted by Crippen LogP contribution is 2.27. The summed E-state index contributed by atoms with van der Waals surface area (Å²) in [5.41, 5.74) is 7.74. The predicted octanol–water partition coefficient (Wildman–Crippen LogP) is 2.45. The van der Waals surface area contributed by atoms with Crippen LogP contribution in [0.5, 0.6) is 0 Å². The summed E-state index contributed by atoms with van der Waals surface area (Å²) in [4.78, 5) is 67.0. The molecule has 258 valence electrons. The minimum absolute atomic E-state index is 0.00684. The summed E-state index contributed by atoms with van der Waals surface area (Å²) < 4.78 is 5.22. The van der Waals surface area contributed by atoms with Crippen LogP contribution in [0.2, 0.25) is 0 Å². The van der Waals surface area contributed by atoms with E-state index < -0.39 is 65.9 Å². The molecule has 1 heterocycles. The number of aliphatic hydroxyl groups excluding tert-OH is 1. The molecule has 0 fully saturated rings. The molecular formula is C37H43N5O7. The number of ether oxygens (including phenoxy) is 1. The van der Waals surface area contributed by atoms with Crippen molar-refractivity contribution in [3.63, 3.8) is 0 Å². The third-order valence-corrected chi connectivity index (χ3v) is 7.72. The number of hydrogen-bond donors (Lipinski definition) is 5. The van der Waals surface area contributed by atoms with Crippen molar-refractivity contribution in [1.29, 1.82) is 0 Å². The Hall–Kier alpha value is -5.49. The number of amides is 5. The van der Waals surface area contributed by atoms with Gasteiger partial charge in [-0.05, 0) is 55.5 Å². The maximum Gasteiger partial charge on any atom is 0.408 e. The highest BCUT2D eigenvalue weighted by atomic mass is 16.5. The van der Waals surface area contributed by atoms with Crippen molar-refractivity contribution in [3.05, 3.63) is 114 Å². The van der Waals surface area contributed by atoms with Gasteiger partial charge >= 0.3 is 6.09 Å². The van der Waals surface area contributed by atoms with Gasteiger partial charge in [0.25, 0.3) is 5.91 Å². The first-order valence-electron chi connectivity index (χ1n) is 16.0. The SMILES string of the molecule is CC(C)(C)NC(=O)[C@@H]1C=C(c2ccccc2)CN1C(=O)C(O)C(Cc1ccccc1)NC(=O)[C@H](CC(N)=O)NC(=O)OCc1ccccc1. The van der Waals surface area contributed by atoms with Crippen molar-refractivity contribution in [2.75, 3.05) is 6.54 Å².